The molecule has 3 aromatic rings. The van der Waals surface area contributed by atoms with Crippen LogP contribution >= 0.6 is 11.3 Å². The third-order valence-corrected chi connectivity index (χ3v) is 7.14. The molecule has 3 aromatic heterocycles. The minimum atomic E-state index is -1.15. The number of hydrogen-bond donors (Lipinski definition) is 6. The highest BCUT2D eigenvalue weighted by Crippen LogP contribution is 2.40. The highest BCUT2D eigenvalue weighted by Gasteiger charge is 2.47. The van der Waals surface area contributed by atoms with Gasteiger partial charge in [-0.15, -0.1) is 11.3 Å². The van der Waals surface area contributed by atoms with Crippen molar-refractivity contribution in [1.29, 1.82) is 0 Å². The SMILES string of the molecule is Cc1nc(NCCO)nc(N[C@@H]2C[C@H](C(C)(C)O)[C@@H](O)[C@H]2O)c1-c1nc2c(C)nccc2s1. The van der Waals surface area contributed by atoms with Crippen molar-refractivity contribution in [3.63, 3.8) is 0 Å². The molecule has 33 heavy (non-hydrogen) atoms. The van der Waals surface area contributed by atoms with Crippen LogP contribution in [-0.2, 0) is 0 Å². The lowest BCUT2D eigenvalue weighted by atomic mass is 9.88. The standard InChI is InChI=1S/C22H30N6O4S/c1-10-15(20-27-16-11(2)23-6-5-14(16)33-20)19(28-21(25-10)24-7-8-29)26-13-9-12(22(3,4)32)17(30)18(13)31/h5-6,12-13,17-18,29-32H,7-9H2,1-4H3,(H2,24,25,26,28)/t12-,13+,17+,18-/m0/s1. The normalized spacial score (nSPS) is 23.3. The molecule has 4 rings (SSSR count). The molecule has 3 heterocycles. The molecule has 0 bridgehead atoms. The molecule has 6 N–H and O–H groups in total. The van der Waals surface area contributed by atoms with Gasteiger partial charge >= 0.3 is 0 Å². The van der Waals surface area contributed by atoms with Crippen molar-refractivity contribution in [2.45, 2.75) is 58.0 Å². The van der Waals surface area contributed by atoms with Crippen LogP contribution in [0.15, 0.2) is 12.3 Å². The minimum Gasteiger partial charge on any atom is -0.395 e. The first-order valence-corrected chi connectivity index (χ1v) is 11.7. The maximum Gasteiger partial charge on any atom is 0.224 e. The number of rotatable bonds is 7. The summed E-state index contributed by atoms with van der Waals surface area (Å²) in [4.78, 5) is 18.2. The molecule has 0 radical (unpaired) electrons. The van der Waals surface area contributed by atoms with Gasteiger partial charge in [0.25, 0.3) is 0 Å². The fourth-order valence-electron chi connectivity index (χ4n) is 4.32. The average Bonchev–Trinajstić information content (AvgIpc) is 3.29. The molecular formula is C22H30N6O4S. The average molecular weight is 475 g/mol. The second-order valence-electron chi connectivity index (χ2n) is 9.00. The number of aryl methyl sites for hydroxylation is 2. The van der Waals surface area contributed by atoms with Crippen molar-refractivity contribution in [3.05, 3.63) is 23.7 Å². The minimum absolute atomic E-state index is 0.0716. The fraction of sp³-hybridized carbons (Fsp3) is 0.545. The van der Waals surface area contributed by atoms with Crippen molar-refractivity contribution in [2.24, 2.45) is 5.92 Å². The Bertz CT molecular complexity index is 1150. The first kappa shape index (κ1) is 23.7. The molecule has 0 aliphatic heterocycles. The number of aromatic nitrogens is 4. The van der Waals surface area contributed by atoms with Gasteiger partial charge in [0, 0.05) is 18.7 Å². The molecule has 1 aliphatic carbocycles. The number of anilines is 2. The van der Waals surface area contributed by atoms with Crippen LogP contribution < -0.4 is 10.6 Å². The van der Waals surface area contributed by atoms with Gasteiger partial charge in [0.05, 0.1) is 46.0 Å². The number of pyridine rings is 1. The predicted octanol–water partition coefficient (Wildman–Crippen LogP) is 1.46. The molecule has 1 saturated carbocycles. The van der Waals surface area contributed by atoms with Gasteiger partial charge < -0.3 is 31.1 Å². The van der Waals surface area contributed by atoms with Crippen LogP contribution in [0.3, 0.4) is 0 Å². The molecule has 10 nitrogen and oxygen atoms in total. The Labute approximate surface area is 195 Å². The van der Waals surface area contributed by atoms with Gasteiger partial charge in [-0.1, -0.05) is 0 Å². The molecule has 1 aliphatic rings. The van der Waals surface area contributed by atoms with Gasteiger partial charge in [0.15, 0.2) is 0 Å². The molecule has 4 atom stereocenters. The van der Waals surface area contributed by atoms with E-state index in [-0.39, 0.29) is 13.2 Å². The maximum absolute atomic E-state index is 10.7. The zero-order valence-corrected chi connectivity index (χ0v) is 19.9. The first-order valence-electron chi connectivity index (χ1n) is 10.9. The van der Waals surface area contributed by atoms with E-state index in [4.69, 9.17) is 4.98 Å². The summed E-state index contributed by atoms with van der Waals surface area (Å²) in [7, 11) is 0. The van der Waals surface area contributed by atoms with Crippen LogP contribution in [0.4, 0.5) is 11.8 Å². The topological polar surface area (TPSA) is 157 Å². The Hall–Kier alpha value is -2.44. The Balaban J connectivity index is 1.76. The third-order valence-electron chi connectivity index (χ3n) is 6.10. The second kappa shape index (κ2) is 9.07. The van der Waals surface area contributed by atoms with E-state index >= 15 is 0 Å². The molecule has 11 heteroatoms. The molecule has 0 amide bonds. The number of thiazole rings is 1. The summed E-state index contributed by atoms with van der Waals surface area (Å²) in [5, 5.41) is 47.8. The number of hydrogen-bond acceptors (Lipinski definition) is 11. The summed E-state index contributed by atoms with van der Waals surface area (Å²) >= 11 is 1.50. The van der Waals surface area contributed by atoms with Crippen LogP contribution in [0.25, 0.3) is 20.8 Å². The van der Waals surface area contributed by atoms with Crippen molar-refractivity contribution in [3.8, 4) is 10.6 Å². The highest BCUT2D eigenvalue weighted by atomic mass is 32.1. The quantitative estimate of drug-likeness (QED) is 0.296. The van der Waals surface area contributed by atoms with Crippen molar-refractivity contribution in [1.82, 2.24) is 19.9 Å². The van der Waals surface area contributed by atoms with Crippen molar-refractivity contribution in [2.75, 3.05) is 23.8 Å². The zero-order valence-electron chi connectivity index (χ0n) is 19.1. The van der Waals surface area contributed by atoms with Gasteiger partial charge in [-0.25, -0.2) is 9.97 Å². The Kier molecular flexibility index (Phi) is 6.52. The molecular weight excluding hydrogens is 444 g/mol. The zero-order chi connectivity index (χ0) is 23.9. The summed E-state index contributed by atoms with van der Waals surface area (Å²) in [6.45, 7) is 7.23. The lowest BCUT2D eigenvalue weighted by molar-refractivity contribution is -0.0601. The van der Waals surface area contributed by atoms with Crippen molar-refractivity contribution >= 4 is 33.3 Å². The first-order chi connectivity index (χ1) is 15.6. The van der Waals surface area contributed by atoms with E-state index in [1.807, 2.05) is 19.9 Å². The monoisotopic (exact) mass is 474 g/mol. The summed E-state index contributed by atoms with van der Waals surface area (Å²) in [6.07, 6.45) is -0.0505. The summed E-state index contributed by atoms with van der Waals surface area (Å²) < 4.78 is 0.990. The van der Waals surface area contributed by atoms with Crippen LogP contribution in [0, 0.1) is 19.8 Å². The number of nitrogens with zero attached hydrogens (tertiary/aromatic N) is 4. The van der Waals surface area contributed by atoms with Gasteiger partial charge in [-0.05, 0) is 40.2 Å². The fourth-order valence-corrected chi connectivity index (χ4v) is 5.43. The molecule has 0 spiro atoms. The van der Waals surface area contributed by atoms with Gasteiger partial charge in [-0.2, -0.15) is 4.98 Å². The van der Waals surface area contributed by atoms with Crippen LogP contribution in [0.5, 0.6) is 0 Å². The van der Waals surface area contributed by atoms with E-state index in [2.05, 4.69) is 25.6 Å². The van der Waals surface area contributed by atoms with E-state index < -0.39 is 29.8 Å². The summed E-state index contributed by atoms with van der Waals surface area (Å²) in [6, 6.07) is 1.38. The lowest BCUT2D eigenvalue weighted by Crippen LogP contribution is -2.40. The van der Waals surface area contributed by atoms with Crippen molar-refractivity contribution < 1.29 is 20.4 Å². The summed E-state index contributed by atoms with van der Waals surface area (Å²) in [5.74, 6) is 0.290. The number of nitrogens with one attached hydrogen (secondary N) is 2. The Morgan fingerprint density at radius 2 is 1.88 bits per heavy atom. The van der Waals surface area contributed by atoms with E-state index in [0.29, 0.717) is 34.5 Å². The van der Waals surface area contributed by atoms with E-state index in [9.17, 15) is 20.4 Å². The molecule has 0 unspecified atom stereocenters. The number of aliphatic hydroxyl groups excluding tert-OH is 3. The smallest absolute Gasteiger partial charge is 0.224 e. The Morgan fingerprint density at radius 3 is 2.52 bits per heavy atom. The van der Waals surface area contributed by atoms with Crippen LogP contribution in [0.2, 0.25) is 0 Å². The largest absolute Gasteiger partial charge is 0.395 e. The lowest BCUT2D eigenvalue weighted by Gasteiger charge is -2.28. The molecule has 178 valence electrons. The summed E-state index contributed by atoms with van der Waals surface area (Å²) in [5.41, 5.74) is 1.85. The Morgan fingerprint density at radius 1 is 1.12 bits per heavy atom. The van der Waals surface area contributed by atoms with Crippen LogP contribution in [-0.4, -0.2) is 77.4 Å². The van der Waals surface area contributed by atoms with Gasteiger partial charge in [-0.3, -0.25) is 4.98 Å². The van der Waals surface area contributed by atoms with Gasteiger partial charge in [0.2, 0.25) is 5.95 Å². The molecule has 0 aromatic carbocycles. The van der Waals surface area contributed by atoms with E-state index in [1.165, 1.54) is 11.3 Å². The van der Waals surface area contributed by atoms with E-state index in [1.54, 1.807) is 20.0 Å². The van der Waals surface area contributed by atoms with E-state index in [0.717, 1.165) is 15.9 Å². The highest BCUT2D eigenvalue weighted by molar-refractivity contribution is 7.21. The molecule has 0 saturated heterocycles. The number of aliphatic hydroxyl groups is 4. The maximum atomic E-state index is 10.7. The predicted molar refractivity (Wildman–Crippen MR) is 127 cm³/mol. The second-order valence-corrected chi connectivity index (χ2v) is 10.0. The molecule has 1 fully saturated rings. The van der Waals surface area contributed by atoms with Crippen LogP contribution in [0.1, 0.15) is 31.7 Å². The van der Waals surface area contributed by atoms with Gasteiger partial charge in [0.1, 0.15) is 22.4 Å². The number of fused-ring (bicyclic) bond motifs is 1. The third kappa shape index (κ3) is 4.64.